The molecule has 2 N–H and O–H groups in total. The quantitative estimate of drug-likeness (QED) is 0.630. The molecule has 29 heavy (non-hydrogen) atoms. The molecule has 0 fully saturated rings. The molecule has 0 aliphatic heterocycles. The van der Waals surface area contributed by atoms with Gasteiger partial charge in [-0.15, -0.1) is 0 Å². The van der Waals surface area contributed by atoms with E-state index in [1.165, 1.54) is 0 Å². The Labute approximate surface area is 169 Å². The van der Waals surface area contributed by atoms with Crippen LogP contribution in [0.2, 0.25) is 0 Å². The van der Waals surface area contributed by atoms with Crippen LogP contribution >= 0.6 is 0 Å². The standard InChI is InChI=1S/C23H24N2O4/c1-15-7-6-8-16(2)22(15)28-14-21(26)24-25-23(27)17(3)29-20-12-11-18-9-4-5-10-19(18)13-20/h4-13,17H,14H2,1-3H3,(H,24,26)(H,25,27). The number of hydrogen-bond acceptors (Lipinski definition) is 4. The second-order valence-electron chi connectivity index (χ2n) is 6.82. The van der Waals surface area contributed by atoms with Gasteiger partial charge in [-0.2, -0.15) is 0 Å². The Morgan fingerprint density at radius 3 is 2.31 bits per heavy atom. The third kappa shape index (κ3) is 5.25. The first-order valence-electron chi connectivity index (χ1n) is 9.37. The van der Waals surface area contributed by atoms with Crippen molar-refractivity contribution in [3.05, 3.63) is 71.8 Å². The van der Waals surface area contributed by atoms with Gasteiger partial charge in [0, 0.05) is 0 Å². The van der Waals surface area contributed by atoms with Crippen molar-refractivity contribution in [2.45, 2.75) is 26.9 Å². The summed E-state index contributed by atoms with van der Waals surface area (Å²) < 4.78 is 11.2. The maximum Gasteiger partial charge on any atom is 0.279 e. The van der Waals surface area contributed by atoms with Crippen LogP contribution in [0.15, 0.2) is 60.7 Å². The number of carbonyl (C=O) groups is 2. The van der Waals surface area contributed by atoms with E-state index in [-0.39, 0.29) is 6.61 Å². The summed E-state index contributed by atoms with van der Waals surface area (Å²) in [5.41, 5.74) is 6.59. The molecule has 0 saturated heterocycles. The fourth-order valence-electron chi connectivity index (χ4n) is 2.93. The fraction of sp³-hybridized carbons (Fsp3) is 0.217. The lowest BCUT2D eigenvalue weighted by Crippen LogP contribution is -2.48. The lowest BCUT2D eigenvalue weighted by atomic mass is 10.1. The summed E-state index contributed by atoms with van der Waals surface area (Å²) in [7, 11) is 0. The Morgan fingerprint density at radius 1 is 0.897 bits per heavy atom. The van der Waals surface area contributed by atoms with E-state index in [1.807, 2.05) is 74.5 Å². The van der Waals surface area contributed by atoms with Crippen LogP contribution in [0, 0.1) is 13.8 Å². The number of hydrogen-bond donors (Lipinski definition) is 2. The lowest BCUT2D eigenvalue weighted by Gasteiger charge is -2.16. The molecule has 0 saturated carbocycles. The van der Waals surface area contributed by atoms with E-state index < -0.39 is 17.9 Å². The molecule has 3 aromatic rings. The molecule has 2 amide bonds. The zero-order chi connectivity index (χ0) is 20.8. The Kier molecular flexibility index (Phi) is 6.34. The van der Waals surface area contributed by atoms with Gasteiger partial charge in [0.25, 0.3) is 11.8 Å². The Bertz CT molecular complexity index is 1010. The van der Waals surface area contributed by atoms with Crippen LogP contribution in [0.3, 0.4) is 0 Å². The molecule has 0 radical (unpaired) electrons. The molecular formula is C23H24N2O4. The van der Waals surface area contributed by atoms with Gasteiger partial charge in [0.1, 0.15) is 11.5 Å². The monoisotopic (exact) mass is 392 g/mol. The van der Waals surface area contributed by atoms with Crippen molar-refractivity contribution in [1.82, 2.24) is 10.9 Å². The lowest BCUT2D eigenvalue weighted by molar-refractivity contribution is -0.133. The minimum Gasteiger partial charge on any atom is -0.483 e. The van der Waals surface area contributed by atoms with Crippen LogP contribution in [-0.4, -0.2) is 24.5 Å². The molecule has 0 spiro atoms. The van der Waals surface area contributed by atoms with Gasteiger partial charge in [-0.3, -0.25) is 20.4 Å². The topological polar surface area (TPSA) is 76.7 Å². The molecule has 0 aromatic heterocycles. The van der Waals surface area contributed by atoms with Crippen molar-refractivity contribution in [1.29, 1.82) is 0 Å². The first kappa shape index (κ1) is 20.2. The third-order valence-corrected chi connectivity index (χ3v) is 4.48. The van der Waals surface area contributed by atoms with Crippen LogP contribution in [0.1, 0.15) is 18.1 Å². The summed E-state index contributed by atoms with van der Waals surface area (Å²) in [4.78, 5) is 24.2. The van der Waals surface area contributed by atoms with Crippen LogP contribution in [0.4, 0.5) is 0 Å². The number of benzene rings is 3. The van der Waals surface area contributed by atoms with Gasteiger partial charge in [-0.25, -0.2) is 0 Å². The summed E-state index contributed by atoms with van der Waals surface area (Å²) in [6, 6.07) is 19.2. The van der Waals surface area contributed by atoms with Gasteiger partial charge in [0.15, 0.2) is 12.7 Å². The van der Waals surface area contributed by atoms with Crippen molar-refractivity contribution in [2.24, 2.45) is 0 Å². The molecule has 0 heterocycles. The van der Waals surface area contributed by atoms with Gasteiger partial charge in [0.2, 0.25) is 0 Å². The number of aryl methyl sites for hydroxylation is 2. The second kappa shape index (κ2) is 9.10. The van der Waals surface area contributed by atoms with Crippen LogP contribution in [0.25, 0.3) is 10.8 Å². The Morgan fingerprint density at radius 2 is 1.59 bits per heavy atom. The van der Waals surface area contributed by atoms with Gasteiger partial charge in [-0.1, -0.05) is 48.5 Å². The molecule has 1 unspecified atom stereocenters. The summed E-state index contributed by atoms with van der Waals surface area (Å²) in [6.45, 7) is 5.23. The van der Waals surface area contributed by atoms with Gasteiger partial charge in [-0.05, 0) is 54.8 Å². The minimum absolute atomic E-state index is 0.202. The number of fused-ring (bicyclic) bond motifs is 1. The number of hydrazine groups is 1. The molecular weight excluding hydrogens is 368 g/mol. The highest BCUT2D eigenvalue weighted by molar-refractivity contribution is 5.86. The highest BCUT2D eigenvalue weighted by Gasteiger charge is 2.16. The average molecular weight is 392 g/mol. The van der Waals surface area contributed by atoms with E-state index in [9.17, 15) is 9.59 Å². The first-order chi connectivity index (χ1) is 13.9. The third-order valence-electron chi connectivity index (χ3n) is 4.48. The molecule has 0 bridgehead atoms. The van der Waals surface area contributed by atoms with Crippen LogP contribution in [0.5, 0.6) is 11.5 Å². The van der Waals surface area contributed by atoms with Gasteiger partial charge in [0.05, 0.1) is 0 Å². The maximum absolute atomic E-state index is 12.2. The first-order valence-corrected chi connectivity index (χ1v) is 9.37. The van der Waals surface area contributed by atoms with Crippen LogP contribution < -0.4 is 20.3 Å². The van der Waals surface area contributed by atoms with E-state index >= 15 is 0 Å². The van der Waals surface area contributed by atoms with Crippen molar-refractivity contribution in [2.75, 3.05) is 6.61 Å². The average Bonchev–Trinajstić information content (AvgIpc) is 2.71. The smallest absolute Gasteiger partial charge is 0.279 e. The SMILES string of the molecule is Cc1cccc(C)c1OCC(=O)NNC(=O)C(C)Oc1ccc2ccccc2c1. The van der Waals surface area contributed by atoms with Crippen molar-refractivity contribution >= 4 is 22.6 Å². The maximum atomic E-state index is 12.2. The molecule has 1 atom stereocenters. The highest BCUT2D eigenvalue weighted by atomic mass is 16.5. The molecule has 6 nitrogen and oxygen atoms in total. The molecule has 3 aromatic carbocycles. The number of ether oxygens (including phenoxy) is 2. The molecule has 0 aliphatic carbocycles. The predicted molar refractivity (Wildman–Crippen MR) is 112 cm³/mol. The number of para-hydroxylation sites is 1. The van der Waals surface area contributed by atoms with E-state index in [1.54, 1.807) is 6.92 Å². The Balaban J connectivity index is 1.48. The van der Waals surface area contributed by atoms with E-state index in [2.05, 4.69) is 10.9 Å². The normalized spacial score (nSPS) is 11.6. The number of rotatable bonds is 6. The van der Waals surface area contributed by atoms with E-state index in [4.69, 9.17) is 9.47 Å². The zero-order valence-corrected chi connectivity index (χ0v) is 16.7. The number of nitrogens with one attached hydrogen (secondary N) is 2. The van der Waals surface area contributed by atoms with E-state index in [0.29, 0.717) is 11.5 Å². The fourth-order valence-corrected chi connectivity index (χ4v) is 2.93. The Hall–Kier alpha value is -3.54. The highest BCUT2D eigenvalue weighted by Crippen LogP contribution is 2.22. The number of carbonyl (C=O) groups excluding carboxylic acids is 2. The second-order valence-corrected chi connectivity index (χ2v) is 6.82. The summed E-state index contributed by atoms with van der Waals surface area (Å²) in [6.07, 6.45) is -0.781. The molecule has 0 aliphatic rings. The summed E-state index contributed by atoms with van der Waals surface area (Å²) in [5, 5.41) is 2.11. The molecule has 150 valence electrons. The van der Waals surface area contributed by atoms with Gasteiger partial charge >= 0.3 is 0 Å². The van der Waals surface area contributed by atoms with Gasteiger partial charge < -0.3 is 9.47 Å². The van der Waals surface area contributed by atoms with Crippen molar-refractivity contribution in [3.8, 4) is 11.5 Å². The molecule has 6 heteroatoms. The summed E-state index contributed by atoms with van der Waals surface area (Å²) in [5.74, 6) is 0.329. The van der Waals surface area contributed by atoms with Crippen LogP contribution in [-0.2, 0) is 9.59 Å². The number of amides is 2. The molecule has 3 rings (SSSR count). The largest absolute Gasteiger partial charge is 0.483 e. The zero-order valence-electron chi connectivity index (χ0n) is 16.7. The predicted octanol–water partition coefficient (Wildman–Crippen LogP) is 3.45. The van der Waals surface area contributed by atoms with E-state index in [0.717, 1.165) is 21.9 Å². The summed E-state index contributed by atoms with van der Waals surface area (Å²) >= 11 is 0. The minimum atomic E-state index is -0.781. The van der Waals surface area contributed by atoms with Crippen molar-refractivity contribution < 1.29 is 19.1 Å². The van der Waals surface area contributed by atoms with Crippen molar-refractivity contribution in [3.63, 3.8) is 0 Å².